The van der Waals surface area contributed by atoms with Crippen molar-refractivity contribution in [3.05, 3.63) is 113 Å². The van der Waals surface area contributed by atoms with Crippen LogP contribution < -0.4 is 4.90 Å². The number of aryl methyl sites for hydroxylation is 1. The number of hydrogen-bond donors (Lipinski definition) is 0. The lowest BCUT2D eigenvalue weighted by molar-refractivity contribution is -0.153. The van der Waals surface area contributed by atoms with Gasteiger partial charge < -0.3 is 4.74 Å². The number of benzene rings is 3. The van der Waals surface area contributed by atoms with Crippen LogP contribution in [0.3, 0.4) is 0 Å². The average molecular weight is 627 g/mol. The van der Waals surface area contributed by atoms with Gasteiger partial charge in [-0.05, 0) is 46.2 Å². The Hall–Kier alpha value is -4.42. The van der Waals surface area contributed by atoms with Crippen molar-refractivity contribution in [3.63, 3.8) is 0 Å². The number of anilines is 1. The van der Waals surface area contributed by atoms with Gasteiger partial charge in [-0.2, -0.15) is 0 Å². The molecule has 2 aliphatic rings. The number of ether oxygens (including phenoxy) is 1. The summed E-state index contributed by atoms with van der Waals surface area (Å²) in [6, 6.07) is 27.4. The number of fused-ring (bicyclic) bond motifs is 1. The van der Waals surface area contributed by atoms with Crippen LogP contribution in [0, 0.1) is 0 Å². The van der Waals surface area contributed by atoms with Crippen molar-refractivity contribution in [3.8, 4) is 0 Å². The molecule has 10 nitrogen and oxygen atoms in total. The van der Waals surface area contributed by atoms with Crippen molar-refractivity contribution in [1.29, 1.82) is 0 Å². The van der Waals surface area contributed by atoms with Crippen molar-refractivity contribution in [2.75, 3.05) is 10.7 Å². The van der Waals surface area contributed by atoms with E-state index in [0.29, 0.717) is 16.6 Å². The van der Waals surface area contributed by atoms with E-state index >= 15 is 0 Å². The van der Waals surface area contributed by atoms with Crippen LogP contribution >= 0.6 is 23.5 Å². The van der Waals surface area contributed by atoms with Gasteiger partial charge in [-0.25, -0.2) is 9.48 Å². The standard InChI is InChI=1S/C32H30N6O4S2/c1-20-25(19-43-32-33-34-35-36(32)3)26(31(41)42-28(22-13-7-4-8-14-22)23-15-9-5-10-16-23)38-29(40)27(30(38)44-20)37(21(2)39)24-17-11-6-12-18-24/h4-18,20,27-28,30H,19H2,1-3H3/t20-,27?,30+/m1/s1. The van der Waals surface area contributed by atoms with Crippen LogP contribution in [0.4, 0.5) is 5.69 Å². The molecule has 1 saturated heterocycles. The first-order valence-corrected chi connectivity index (χ1v) is 16.0. The molecular formula is C32H30N6O4S2. The third kappa shape index (κ3) is 5.62. The van der Waals surface area contributed by atoms with E-state index in [1.807, 2.05) is 85.8 Å². The summed E-state index contributed by atoms with van der Waals surface area (Å²) in [6.45, 7) is 3.46. The number of tetrazole rings is 1. The van der Waals surface area contributed by atoms with Crippen molar-refractivity contribution in [1.82, 2.24) is 25.1 Å². The van der Waals surface area contributed by atoms with Gasteiger partial charge in [-0.15, -0.1) is 16.9 Å². The summed E-state index contributed by atoms with van der Waals surface area (Å²) in [7, 11) is 1.74. The summed E-state index contributed by atoms with van der Waals surface area (Å²) in [5.74, 6) is -0.823. The molecule has 2 aliphatic heterocycles. The molecule has 0 aliphatic carbocycles. The number of thioether (sulfide) groups is 2. The van der Waals surface area contributed by atoms with Crippen LogP contribution in [0.5, 0.6) is 0 Å². The molecule has 0 radical (unpaired) electrons. The maximum Gasteiger partial charge on any atom is 0.356 e. The second-order valence-electron chi connectivity index (χ2n) is 10.4. The van der Waals surface area contributed by atoms with Gasteiger partial charge in [-0.3, -0.25) is 19.4 Å². The Morgan fingerprint density at radius 2 is 1.57 bits per heavy atom. The van der Waals surface area contributed by atoms with Gasteiger partial charge in [0.1, 0.15) is 17.1 Å². The second-order valence-corrected chi connectivity index (χ2v) is 12.8. The normalized spacial score (nSPS) is 19.4. The number of para-hydroxylation sites is 1. The van der Waals surface area contributed by atoms with E-state index < -0.39 is 23.5 Å². The fourth-order valence-electron chi connectivity index (χ4n) is 5.47. The van der Waals surface area contributed by atoms with Gasteiger partial charge in [0.05, 0.1) is 0 Å². The van der Waals surface area contributed by atoms with E-state index in [1.54, 1.807) is 35.6 Å². The minimum atomic E-state index is -0.763. The molecule has 0 saturated carbocycles. The van der Waals surface area contributed by atoms with Crippen LogP contribution in [0.15, 0.2) is 107 Å². The van der Waals surface area contributed by atoms with Gasteiger partial charge >= 0.3 is 5.97 Å². The second kappa shape index (κ2) is 12.7. The fourth-order valence-corrected chi connectivity index (χ4v) is 8.06. The summed E-state index contributed by atoms with van der Waals surface area (Å²) >= 11 is 2.92. The van der Waals surface area contributed by atoms with Gasteiger partial charge in [-0.1, -0.05) is 90.6 Å². The van der Waals surface area contributed by atoms with E-state index in [2.05, 4.69) is 15.5 Å². The minimum Gasteiger partial charge on any atom is -0.448 e. The van der Waals surface area contributed by atoms with Gasteiger partial charge in [0.15, 0.2) is 6.10 Å². The smallest absolute Gasteiger partial charge is 0.356 e. The van der Waals surface area contributed by atoms with Gasteiger partial charge in [0, 0.05) is 30.7 Å². The predicted octanol–water partition coefficient (Wildman–Crippen LogP) is 4.61. The van der Waals surface area contributed by atoms with E-state index in [1.165, 1.54) is 28.5 Å². The van der Waals surface area contributed by atoms with E-state index in [0.717, 1.165) is 16.7 Å². The SMILES string of the molecule is CC(=O)N(c1ccccc1)C1C(=O)N2C(C(=O)OC(c3ccccc3)c3ccccc3)=C(CSc3nnnn3C)[C@@H](C)S[C@@H]12. The number of rotatable bonds is 9. The molecule has 1 aromatic heterocycles. The first-order valence-electron chi connectivity index (χ1n) is 14.1. The van der Waals surface area contributed by atoms with Crippen molar-refractivity contribution >= 4 is 47.0 Å². The highest BCUT2D eigenvalue weighted by Crippen LogP contribution is 2.48. The summed E-state index contributed by atoms with van der Waals surface area (Å²) in [5, 5.41) is 11.6. The number of aromatic nitrogens is 4. The van der Waals surface area contributed by atoms with E-state index in [4.69, 9.17) is 4.74 Å². The molecule has 3 aromatic carbocycles. The lowest BCUT2D eigenvalue weighted by Gasteiger charge is -2.54. The molecule has 44 heavy (non-hydrogen) atoms. The molecule has 6 rings (SSSR count). The zero-order chi connectivity index (χ0) is 30.8. The Labute approximate surface area is 263 Å². The maximum atomic E-state index is 14.3. The molecule has 0 bridgehead atoms. The van der Waals surface area contributed by atoms with Crippen LogP contribution in [0.25, 0.3) is 0 Å². The Morgan fingerprint density at radius 3 is 2.11 bits per heavy atom. The number of β-lactam (4-membered cyclic amide) rings is 1. The molecule has 0 spiro atoms. The first kappa shape index (κ1) is 29.6. The molecule has 3 atom stereocenters. The fraction of sp³-hybridized carbons (Fsp3) is 0.250. The van der Waals surface area contributed by atoms with Gasteiger partial charge in [0.2, 0.25) is 11.1 Å². The third-order valence-electron chi connectivity index (χ3n) is 7.61. The van der Waals surface area contributed by atoms with Crippen molar-refractivity contribution < 1.29 is 19.1 Å². The number of amides is 2. The van der Waals surface area contributed by atoms with Crippen LogP contribution in [0.1, 0.15) is 31.1 Å². The van der Waals surface area contributed by atoms with E-state index in [-0.39, 0.29) is 22.8 Å². The van der Waals surface area contributed by atoms with Crippen LogP contribution in [0.2, 0.25) is 0 Å². The lowest BCUT2D eigenvalue weighted by atomic mass is 9.98. The molecule has 3 heterocycles. The van der Waals surface area contributed by atoms with Crippen LogP contribution in [-0.4, -0.2) is 65.3 Å². The Morgan fingerprint density at radius 1 is 0.977 bits per heavy atom. The summed E-state index contributed by atoms with van der Waals surface area (Å²) in [5.41, 5.74) is 3.19. The quantitative estimate of drug-likeness (QED) is 0.149. The number of carbonyl (C=O) groups excluding carboxylic acids is 3. The van der Waals surface area contributed by atoms with Crippen molar-refractivity contribution in [2.45, 2.75) is 41.8 Å². The highest BCUT2D eigenvalue weighted by atomic mass is 32.2. The highest BCUT2D eigenvalue weighted by Gasteiger charge is 2.58. The molecule has 4 aromatic rings. The average Bonchev–Trinajstić information content (AvgIpc) is 3.46. The largest absolute Gasteiger partial charge is 0.448 e. The third-order valence-corrected chi connectivity index (χ3v) is 10.1. The van der Waals surface area contributed by atoms with Crippen LogP contribution in [-0.2, 0) is 26.2 Å². The minimum absolute atomic E-state index is 0.167. The lowest BCUT2D eigenvalue weighted by Crippen LogP contribution is -2.72. The number of carbonyl (C=O) groups is 3. The zero-order valence-corrected chi connectivity index (χ0v) is 25.9. The molecule has 0 N–H and O–H groups in total. The summed E-state index contributed by atoms with van der Waals surface area (Å²) in [6.07, 6.45) is -0.692. The Bertz CT molecular complexity index is 1660. The molecular weight excluding hydrogens is 597 g/mol. The maximum absolute atomic E-state index is 14.3. The Balaban J connectivity index is 1.38. The molecule has 2 amide bonds. The highest BCUT2D eigenvalue weighted by molar-refractivity contribution is 8.01. The molecule has 224 valence electrons. The first-order chi connectivity index (χ1) is 21.3. The monoisotopic (exact) mass is 626 g/mol. The van der Waals surface area contributed by atoms with Gasteiger partial charge in [0.25, 0.3) is 5.91 Å². The van der Waals surface area contributed by atoms with E-state index in [9.17, 15) is 14.4 Å². The molecule has 12 heteroatoms. The molecule has 1 unspecified atom stereocenters. The van der Waals surface area contributed by atoms with Crippen molar-refractivity contribution in [2.24, 2.45) is 7.05 Å². The predicted molar refractivity (Wildman–Crippen MR) is 168 cm³/mol. The molecule has 1 fully saturated rings. The summed E-state index contributed by atoms with van der Waals surface area (Å²) in [4.78, 5) is 44.3. The Kier molecular flexibility index (Phi) is 8.53. The topological polar surface area (TPSA) is 111 Å². The number of esters is 1. The number of hydrogen-bond acceptors (Lipinski definition) is 9. The summed E-state index contributed by atoms with van der Waals surface area (Å²) < 4.78 is 7.85. The zero-order valence-electron chi connectivity index (χ0n) is 24.3. The number of nitrogens with zero attached hydrogens (tertiary/aromatic N) is 6.